The highest BCUT2D eigenvalue weighted by molar-refractivity contribution is 6.00. The molecular weight excluding hydrogens is 280 g/mol. The normalized spacial score (nSPS) is 11.0. The fourth-order valence-corrected chi connectivity index (χ4v) is 1.84. The number of carbonyl (C=O) groups excluding carboxylic acids is 1. The first kappa shape index (κ1) is 15.6. The number of methoxy groups -OCH3 is 2. The molecule has 0 spiro atoms. The Balaban J connectivity index is 2.03. The monoisotopic (exact) mass is 298 g/mol. The van der Waals surface area contributed by atoms with Gasteiger partial charge in [-0.05, 0) is 61.0 Å². The molecule has 22 heavy (non-hydrogen) atoms. The minimum absolute atomic E-state index is 0.268. The van der Waals surface area contributed by atoms with Crippen LogP contribution in [0, 0.1) is 0 Å². The molecule has 2 aromatic carbocycles. The van der Waals surface area contributed by atoms with Gasteiger partial charge in [0.25, 0.3) is 5.91 Å². The zero-order valence-electron chi connectivity index (χ0n) is 12.8. The van der Waals surface area contributed by atoms with Crippen molar-refractivity contribution in [3.05, 3.63) is 59.7 Å². The molecule has 0 aliphatic carbocycles. The van der Waals surface area contributed by atoms with E-state index in [9.17, 15) is 4.79 Å². The molecule has 0 radical (unpaired) electrons. The second-order valence-electron chi connectivity index (χ2n) is 4.60. The Morgan fingerprint density at radius 2 is 1.32 bits per heavy atom. The van der Waals surface area contributed by atoms with E-state index < -0.39 is 0 Å². The van der Waals surface area contributed by atoms with Crippen molar-refractivity contribution in [2.45, 2.75) is 6.92 Å². The van der Waals surface area contributed by atoms with Crippen LogP contribution in [0.25, 0.3) is 0 Å². The summed E-state index contributed by atoms with van der Waals surface area (Å²) in [4.78, 5) is 12.0. The van der Waals surface area contributed by atoms with E-state index in [1.54, 1.807) is 38.5 Å². The molecule has 0 heterocycles. The van der Waals surface area contributed by atoms with Crippen molar-refractivity contribution in [3.8, 4) is 11.5 Å². The van der Waals surface area contributed by atoms with Gasteiger partial charge in [-0.15, -0.1) is 0 Å². The molecule has 0 unspecified atom stereocenters. The van der Waals surface area contributed by atoms with Gasteiger partial charge in [0, 0.05) is 5.56 Å². The Hall–Kier alpha value is -2.82. The molecule has 0 atom stereocenters. The topological polar surface area (TPSA) is 59.9 Å². The van der Waals surface area contributed by atoms with Crippen LogP contribution < -0.4 is 14.9 Å². The van der Waals surface area contributed by atoms with Gasteiger partial charge in [0.05, 0.1) is 19.9 Å². The number of nitrogens with one attached hydrogen (secondary N) is 1. The van der Waals surface area contributed by atoms with Crippen LogP contribution in [-0.2, 0) is 0 Å². The summed E-state index contributed by atoms with van der Waals surface area (Å²) in [5.74, 6) is 1.21. The van der Waals surface area contributed by atoms with E-state index in [1.807, 2.05) is 31.2 Å². The number of ether oxygens (including phenoxy) is 2. The average molecular weight is 298 g/mol. The predicted octanol–water partition coefficient (Wildman–Crippen LogP) is 2.86. The van der Waals surface area contributed by atoms with Crippen molar-refractivity contribution in [2.24, 2.45) is 5.10 Å². The third-order valence-corrected chi connectivity index (χ3v) is 3.19. The van der Waals surface area contributed by atoms with Crippen LogP contribution in [0.15, 0.2) is 53.6 Å². The first-order chi connectivity index (χ1) is 10.6. The van der Waals surface area contributed by atoms with E-state index in [4.69, 9.17) is 9.47 Å². The molecular formula is C17H18N2O3. The van der Waals surface area contributed by atoms with Gasteiger partial charge in [0.15, 0.2) is 0 Å². The number of carbonyl (C=O) groups is 1. The summed E-state index contributed by atoms with van der Waals surface area (Å²) in [6.45, 7) is 1.83. The molecule has 5 heteroatoms. The molecule has 0 aliphatic rings. The molecule has 0 aromatic heterocycles. The van der Waals surface area contributed by atoms with Crippen molar-refractivity contribution >= 4 is 11.6 Å². The van der Waals surface area contributed by atoms with Crippen LogP contribution in [0.3, 0.4) is 0 Å². The van der Waals surface area contributed by atoms with Crippen LogP contribution in [-0.4, -0.2) is 25.8 Å². The largest absolute Gasteiger partial charge is 0.497 e. The fourth-order valence-electron chi connectivity index (χ4n) is 1.84. The van der Waals surface area contributed by atoms with E-state index >= 15 is 0 Å². The number of benzene rings is 2. The maximum absolute atomic E-state index is 12.0. The average Bonchev–Trinajstić information content (AvgIpc) is 2.59. The van der Waals surface area contributed by atoms with Gasteiger partial charge in [0.2, 0.25) is 0 Å². The molecule has 0 aliphatic heterocycles. The molecule has 0 saturated carbocycles. The van der Waals surface area contributed by atoms with Crippen molar-refractivity contribution in [3.63, 3.8) is 0 Å². The van der Waals surface area contributed by atoms with E-state index in [2.05, 4.69) is 10.5 Å². The summed E-state index contributed by atoms with van der Waals surface area (Å²) in [6.07, 6.45) is 0. The van der Waals surface area contributed by atoms with Crippen LogP contribution in [0.5, 0.6) is 11.5 Å². The summed E-state index contributed by atoms with van der Waals surface area (Å²) < 4.78 is 10.2. The zero-order valence-corrected chi connectivity index (χ0v) is 12.8. The number of nitrogens with zero attached hydrogens (tertiary/aromatic N) is 1. The minimum atomic E-state index is -0.268. The lowest BCUT2D eigenvalue weighted by Crippen LogP contribution is -2.19. The SMILES string of the molecule is COc1ccc(C(=O)NN=C(C)c2ccc(OC)cc2)cc1. The number of hydrogen-bond donors (Lipinski definition) is 1. The van der Waals surface area contributed by atoms with Crippen LogP contribution in [0.1, 0.15) is 22.8 Å². The quantitative estimate of drug-likeness (QED) is 0.682. The minimum Gasteiger partial charge on any atom is -0.497 e. The van der Waals surface area contributed by atoms with Gasteiger partial charge in [-0.3, -0.25) is 4.79 Å². The molecule has 0 bridgehead atoms. The summed E-state index contributed by atoms with van der Waals surface area (Å²) in [6, 6.07) is 14.3. The third kappa shape index (κ3) is 3.85. The second-order valence-corrected chi connectivity index (χ2v) is 4.60. The number of amides is 1. The Bertz CT molecular complexity index is 661. The highest BCUT2D eigenvalue weighted by atomic mass is 16.5. The molecule has 5 nitrogen and oxygen atoms in total. The lowest BCUT2D eigenvalue weighted by molar-refractivity contribution is 0.0955. The molecule has 114 valence electrons. The first-order valence-electron chi connectivity index (χ1n) is 6.77. The molecule has 2 aromatic rings. The molecule has 2 rings (SSSR count). The van der Waals surface area contributed by atoms with Crippen molar-refractivity contribution in [1.82, 2.24) is 5.43 Å². The standard InChI is InChI=1S/C17H18N2O3/c1-12(13-4-8-15(21-2)9-5-13)18-19-17(20)14-6-10-16(22-3)11-7-14/h4-11H,1-3H3,(H,19,20). The lowest BCUT2D eigenvalue weighted by atomic mass is 10.1. The highest BCUT2D eigenvalue weighted by Gasteiger charge is 2.05. The number of hydrogen-bond acceptors (Lipinski definition) is 4. The van der Waals surface area contributed by atoms with Gasteiger partial charge >= 0.3 is 0 Å². The molecule has 0 fully saturated rings. The third-order valence-electron chi connectivity index (χ3n) is 3.19. The Labute approximate surface area is 129 Å². The highest BCUT2D eigenvalue weighted by Crippen LogP contribution is 2.13. The second kappa shape index (κ2) is 7.26. The maximum Gasteiger partial charge on any atom is 0.271 e. The van der Waals surface area contributed by atoms with E-state index in [1.165, 1.54) is 0 Å². The smallest absolute Gasteiger partial charge is 0.271 e. The molecule has 1 amide bonds. The van der Waals surface area contributed by atoms with Gasteiger partial charge < -0.3 is 9.47 Å². The first-order valence-corrected chi connectivity index (χ1v) is 6.77. The number of hydrazone groups is 1. The van der Waals surface area contributed by atoms with Crippen molar-refractivity contribution < 1.29 is 14.3 Å². The fraction of sp³-hybridized carbons (Fsp3) is 0.176. The molecule has 1 N–H and O–H groups in total. The van der Waals surface area contributed by atoms with E-state index in [-0.39, 0.29) is 5.91 Å². The number of rotatable bonds is 5. The Morgan fingerprint density at radius 3 is 1.77 bits per heavy atom. The van der Waals surface area contributed by atoms with Crippen molar-refractivity contribution in [2.75, 3.05) is 14.2 Å². The summed E-state index contributed by atoms with van der Waals surface area (Å²) >= 11 is 0. The predicted molar refractivity (Wildman–Crippen MR) is 85.7 cm³/mol. The summed E-state index contributed by atoms with van der Waals surface area (Å²) in [7, 11) is 3.20. The van der Waals surface area contributed by atoms with Crippen LogP contribution in [0.2, 0.25) is 0 Å². The Morgan fingerprint density at radius 1 is 0.864 bits per heavy atom. The summed E-state index contributed by atoms with van der Waals surface area (Å²) in [5, 5.41) is 4.11. The van der Waals surface area contributed by atoms with Gasteiger partial charge in [-0.2, -0.15) is 5.10 Å². The maximum atomic E-state index is 12.0. The van der Waals surface area contributed by atoms with Gasteiger partial charge in [-0.1, -0.05) is 0 Å². The van der Waals surface area contributed by atoms with E-state index in [0.29, 0.717) is 17.0 Å². The summed E-state index contributed by atoms with van der Waals surface area (Å²) in [5.41, 5.74) is 4.69. The van der Waals surface area contributed by atoms with Gasteiger partial charge in [0.1, 0.15) is 11.5 Å². The van der Waals surface area contributed by atoms with Crippen LogP contribution >= 0.6 is 0 Å². The van der Waals surface area contributed by atoms with Crippen LogP contribution in [0.4, 0.5) is 0 Å². The lowest BCUT2D eigenvalue weighted by Gasteiger charge is -2.05. The van der Waals surface area contributed by atoms with Crippen molar-refractivity contribution in [1.29, 1.82) is 0 Å². The molecule has 0 saturated heterocycles. The van der Waals surface area contributed by atoms with Gasteiger partial charge in [-0.25, -0.2) is 5.43 Å². The van der Waals surface area contributed by atoms with E-state index in [0.717, 1.165) is 11.3 Å². The Kier molecular flexibility index (Phi) is 5.14. The zero-order chi connectivity index (χ0) is 15.9.